The largest absolute Gasteiger partial charge is 0.461 e. The monoisotopic (exact) mass is 298 g/mol. The van der Waals surface area contributed by atoms with Crippen LogP contribution in [0.2, 0.25) is 5.02 Å². The summed E-state index contributed by atoms with van der Waals surface area (Å²) in [6.07, 6.45) is 4.50. The van der Waals surface area contributed by atoms with Crippen molar-refractivity contribution in [2.24, 2.45) is 0 Å². The van der Waals surface area contributed by atoms with Gasteiger partial charge in [-0.3, -0.25) is 4.79 Å². The van der Waals surface area contributed by atoms with Crippen LogP contribution >= 0.6 is 11.6 Å². The summed E-state index contributed by atoms with van der Waals surface area (Å²) in [4.78, 5) is 11.8. The van der Waals surface area contributed by atoms with Crippen LogP contribution in [0.5, 0.6) is 0 Å². The number of halogens is 1. The highest BCUT2D eigenvalue weighted by Gasteiger charge is 2.06. The van der Waals surface area contributed by atoms with Gasteiger partial charge in [0.15, 0.2) is 5.76 Å². The van der Waals surface area contributed by atoms with Crippen molar-refractivity contribution in [2.45, 2.75) is 0 Å². The molecule has 0 unspecified atom stereocenters. The Kier molecular flexibility index (Phi) is 3.75. The molecule has 3 rings (SSSR count). The van der Waals surface area contributed by atoms with Crippen LogP contribution in [0, 0.1) is 0 Å². The van der Waals surface area contributed by atoms with Gasteiger partial charge < -0.3 is 8.83 Å². The lowest BCUT2D eigenvalue weighted by molar-refractivity contribution is 0.102. The van der Waals surface area contributed by atoms with E-state index in [1.165, 1.54) is 12.3 Å². The number of hydrogen-bond acceptors (Lipinski definition) is 3. The Balaban J connectivity index is 1.76. The molecule has 2 heterocycles. The molecule has 0 radical (unpaired) electrons. The Hall–Kier alpha value is -2.52. The second-order valence-electron chi connectivity index (χ2n) is 4.38. The molecule has 3 aromatic rings. The van der Waals surface area contributed by atoms with E-state index in [9.17, 15) is 4.79 Å². The number of benzene rings is 1. The minimum absolute atomic E-state index is 0.204. The predicted octanol–water partition coefficient (Wildman–Crippen LogP) is 5.09. The van der Waals surface area contributed by atoms with Gasteiger partial charge in [0.1, 0.15) is 11.5 Å². The summed E-state index contributed by atoms with van der Waals surface area (Å²) >= 11 is 5.85. The Morgan fingerprint density at radius 3 is 2.57 bits per heavy atom. The van der Waals surface area contributed by atoms with Crippen LogP contribution in [0.3, 0.4) is 0 Å². The highest BCUT2D eigenvalue weighted by atomic mass is 35.5. The molecule has 0 saturated heterocycles. The van der Waals surface area contributed by atoms with Gasteiger partial charge in [0.05, 0.1) is 6.26 Å². The van der Waals surface area contributed by atoms with E-state index in [2.05, 4.69) is 0 Å². The molecular weight excluding hydrogens is 288 g/mol. The lowest BCUT2D eigenvalue weighted by Gasteiger charge is -1.96. The minimum atomic E-state index is -0.204. The molecule has 0 fully saturated rings. The third-order valence-corrected chi connectivity index (χ3v) is 3.17. The Morgan fingerprint density at radius 2 is 1.86 bits per heavy atom. The minimum Gasteiger partial charge on any atom is -0.461 e. The molecule has 21 heavy (non-hydrogen) atoms. The molecule has 0 aliphatic rings. The van der Waals surface area contributed by atoms with Crippen LogP contribution < -0.4 is 0 Å². The van der Waals surface area contributed by atoms with Gasteiger partial charge >= 0.3 is 0 Å². The van der Waals surface area contributed by atoms with Gasteiger partial charge in [0.2, 0.25) is 5.78 Å². The van der Waals surface area contributed by atoms with Crippen molar-refractivity contribution in [3.05, 3.63) is 77.4 Å². The molecule has 0 aliphatic carbocycles. The molecule has 0 aliphatic heterocycles. The van der Waals surface area contributed by atoms with Gasteiger partial charge in [0.25, 0.3) is 0 Å². The number of furan rings is 2. The van der Waals surface area contributed by atoms with Crippen molar-refractivity contribution in [1.82, 2.24) is 0 Å². The molecule has 4 heteroatoms. The third-order valence-electron chi connectivity index (χ3n) is 2.92. The molecule has 0 saturated carbocycles. The Labute approximate surface area is 126 Å². The van der Waals surface area contributed by atoms with Crippen molar-refractivity contribution in [1.29, 1.82) is 0 Å². The van der Waals surface area contributed by atoms with Gasteiger partial charge in [-0.25, -0.2) is 0 Å². The van der Waals surface area contributed by atoms with E-state index >= 15 is 0 Å². The quantitative estimate of drug-likeness (QED) is 0.498. The maximum absolute atomic E-state index is 11.8. The van der Waals surface area contributed by atoms with Crippen molar-refractivity contribution in [2.75, 3.05) is 0 Å². The molecule has 104 valence electrons. The first-order chi connectivity index (χ1) is 10.2. The average Bonchev–Trinajstić information content (AvgIpc) is 3.17. The Bertz CT molecular complexity index is 765. The van der Waals surface area contributed by atoms with E-state index in [0.717, 1.165) is 11.3 Å². The lowest BCUT2D eigenvalue weighted by Crippen LogP contribution is -1.89. The van der Waals surface area contributed by atoms with Crippen LogP contribution in [0.4, 0.5) is 0 Å². The van der Waals surface area contributed by atoms with Crippen LogP contribution in [-0.2, 0) is 0 Å². The fourth-order valence-corrected chi connectivity index (χ4v) is 2.00. The van der Waals surface area contributed by atoms with E-state index in [1.54, 1.807) is 36.4 Å². The number of carbonyl (C=O) groups is 1. The average molecular weight is 299 g/mol. The summed E-state index contributed by atoms with van der Waals surface area (Å²) in [5.41, 5.74) is 0.927. The molecule has 2 aromatic heterocycles. The van der Waals surface area contributed by atoms with E-state index in [-0.39, 0.29) is 5.78 Å². The number of ketones is 1. The van der Waals surface area contributed by atoms with Crippen LogP contribution in [0.15, 0.2) is 69.7 Å². The van der Waals surface area contributed by atoms with Crippen molar-refractivity contribution >= 4 is 23.5 Å². The molecule has 0 bridgehead atoms. The zero-order valence-corrected chi connectivity index (χ0v) is 11.7. The van der Waals surface area contributed by atoms with Crippen LogP contribution in [0.1, 0.15) is 16.3 Å². The van der Waals surface area contributed by atoms with Gasteiger partial charge in [-0.2, -0.15) is 0 Å². The highest BCUT2D eigenvalue weighted by Crippen LogP contribution is 2.24. The van der Waals surface area contributed by atoms with Crippen LogP contribution in [-0.4, -0.2) is 5.78 Å². The molecular formula is C17H11ClO3. The van der Waals surface area contributed by atoms with Crippen LogP contribution in [0.25, 0.3) is 17.4 Å². The zero-order valence-electron chi connectivity index (χ0n) is 11.0. The normalized spacial score (nSPS) is 11.1. The van der Waals surface area contributed by atoms with Gasteiger partial charge in [-0.05, 0) is 60.7 Å². The third kappa shape index (κ3) is 3.15. The number of hydrogen-bond donors (Lipinski definition) is 0. The lowest BCUT2D eigenvalue weighted by atomic mass is 10.2. The van der Waals surface area contributed by atoms with E-state index in [4.69, 9.17) is 20.4 Å². The molecule has 3 nitrogen and oxygen atoms in total. The zero-order chi connectivity index (χ0) is 14.7. The number of carbonyl (C=O) groups excluding carboxylic acids is 1. The summed E-state index contributed by atoms with van der Waals surface area (Å²) in [5.74, 6) is 1.41. The summed E-state index contributed by atoms with van der Waals surface area (Å²) in [6, 6.07) is 14.3. The SMILES string of the molecule is O=C(C=Cc1ccc(-c2ccc(Cl)cc2)o1)c1ccco1. The topological polar surface area (TPSA) is 43.4 Å². The first-order valence-electron chi connectivity index (χ1n) is 6.34. The maximum atomic E-state index is 11.8. The number of rotatable bonds is 4. The standard InChI is InChI=1S/C17H11ClO3/c18-13-5-3-12(4-6-13)16-10-8-14(21-16)7-9-15(19)17-2-1-11-20-17/h1-11H. The van der Waals surface area contributed by atoms with Gasteiger partial charge in [-0.15, -0.1) is 0 Å². The predicted molar refractivity (Wildman–Crippen MR) is 81.2 cm³/mol. The Morgan fingerprint density at radius 1 is 1.05 bits per heavy atom. The molecule has 0 N–H and O–H groups in total. The second kappa shape index (κ2) is 5.85. The van der Waals surface area contributed by atoms with Crippen molar-refractivity contribution < 1.29 is 13.6 Å². The van der Waals surface area contributed by atoms with Crippen molar-refractivity contribution in [3.63, 3.8) is 0 Å². The first kappa shape index (κ1) is 13.5. The van der Waals surface area contributed by atoms with E-state index in [0.29, 0.717) is 16.5 Å². The van der Waals surface area contributed by atoms with E-state index < -0.39 is 0 Å². The maximum Gasteiger partial charge on any atom is 0.221 e. The summed E-state index contributed by atoms with van der Waals surface area (Å²) in [6.45, 7) is 0. The molecule has 1 aromatic carbocycles. The fraction of sp³-hybridized carbons (Fsp3) is 0. The summed E-state index contributed by atoms with van der Waals surface area (Å²) < 4.78 is 10.7. The highest BCUT2D eigenvalue weighted by molar-refractivity contribution is 6.30. The summed E-state index contributed by atoms with van der Waals surface area (Å²) in [7, 11) is 0. The molecule has 0 atom stereocenters. The molecule has 0 amide bonds. The van der Waals surface area contributed by atoms with Gasteiger partial charge in [0, 0.05) is 10.6 Å². The number of allylic oxidation sites excluding steroid dienone is 1. The summed E-state index contributed by atoms with van der Waals surface area (Å²) in [5, 5.41) is 0.675. The molecule has 0 spiro atoms. The fourth-order valence-electron chi connectivity index (χ4n) is 1.87. The second-order valence-corrected chi connectivity index (χ2v) is 4.82. The van der Waals surface area contributed by atoms with Crippen molar-refractivity contribution in [3.8, 4) is 11.3 Å². The van der Waals surface area contributed by atoms with Gasteiger partial charge in [-0.1, -0.05) is 11.6 Å². The van der Waals surface area contributed by atoms with E-state index in [1.807, 2.05) is 18.2 Å². The first-order valence-corrected chi connectivity index (χ1v) is 6.72. The smallest absolute Gasteiger partial charge is 0.221 e.